The average Bonchev–Trinajstić information content (AvgIpc) is 2.95. The third-order valence-electron chi connectivity index (χ3n) is 3.79. The van der Waals surface area contributed by atoms with Crippen molar-refractivity contribution in [3.8, 4) is 0 Å². The van der Waals surface area contributed by atoms with Crippen molar-refractivity contribution < 1.29 is 9.52 Å². The van der Waals surface area contributed by atoms with Crippen LogP contribution in [0.1, 0.15) is 41.7 Å². The summed E-state index contributed by atoms with van der Waals surface area (Å²) in [6, 6.07) is 12.0. The van der Waals surface area contributed by atoms with Gasteiger partial charge < -0.3 is 14.8 Å². The van der Waals surface area contributed by atoms with Crippen LogP contribution in [0.3, 0.4) is 0 Å². The first-order valence-electron chi connectivity index (χ1n) is 6.87. The summed E-state index contributed by atoms with van der Waals surface area (Å²) in [5, 5.41) is 13.9. The van der Waals surface area contributed by atoms with E-state index in [1.807, 2.05) is 25.1 Å². The lowest BCUT2D eigenvalue weighted by Gasteiger charge is -2.29. The van der Waals surface area contributed by atoms with Gasteiger partial charge in [-0.15, -0.1) is 0 Å². The molecule has 1 aromatic carbocycles. The minimum Gasteiger partial charge on any atom is -0.463 e. The largest absolute Gasteiger partial charge is 0.463 e. The number of aliphatic hydroxyl groups excluding tert-OH is 1. The molecule has 1 aliphatic rings. The van der Waals surface area contributed by atoms with Gasteiger partial charge in [0, 0.05) is 6.42 Å². The molecule has 2 aromatic rings. The predicted octanol–water partition coefficient (Wildman–Crippen LogP) is 2.76. The Kier molecular flexibility index (Phi) is 3.40. The molecule has 19 heavy (non-hydrogen) atoms. The number of aliphatic hydroxyl groups is 1. The maximum absolute atomic E-state index is 10.5. The molecule has 1 aromatic heterocycles. The number of nitrogens with one attached hydrogen (secondary N) is 1. The van der Waals surface area contributed by atoms with E-state index in [0.717, 1.165) is 25.1 Å². The van der Waals surface area contributed by atoms with E-state index in [0.29, 0.717) is 5.76 Å². The van der Waals surface area contributed by atoms with Crippen LogP contribution in [-0.4, -0.2) is 11.7 Å². The molecular weight excluding hydrogens is 238 g/mol. The molecule has 2 N–H and O–H groups in total. The molecule has 0 fully saturated rings. The zero-order valence-corrected chi connectivity index (χ0v) is 11.1. The van der Waals surface area contributed by atoms with Gasteiger partial charge >= 0.3 is 0 Å². The normalized spacial score (nSPS) is 20.0. The number of aryl methyl sites for hydroxylation is 1. The Hall–Kier alpha value is -1.58. The summed E-state index contributed by atoms with van der Waals surface area (Å²) in [5.41, 5.74) is 2.49. The number of rotatable bonds is 3. The van der Waals surface area contributed by atoms with Crippen molar-refractivity contribution in [3.63, 3.8) is 0 Å². The van der Waals surface area contributed by atoms with E-state index >= 15 is 0 Å². The molecule has 0 saturated carbocycles. The van der Waals surface area contributed by atoms with E-state index < -0.39 is 6.10 Å². The second kappa shape index (κ2) is 5.19. The maximum atomic E-state index is 10.5. The first-order valence-corrected chi connectivity index (χ1v) is 6.87. The molecule has 1 aliphatic heterocycles. The Bertz CT molecular complexity index is 561. The van der Waals surface area contributed by atoms with Crippen LogP contribution in [0.2, 0.25) is 0 Å². The molecule has 0 amide bonds. The van der Waals surface area contributed by atoms with Gasteiger partial charge in [0.25, 0.3) is 0 Å². The first kappa shape index (κ1) is 12.5. The van der Waals surface area contributed by atoms with Gasteiger partial charge in [0.05, 0.1) is 6.04 Å². The quantitative estimate of drug-likeness (QED) is 0.888. The fourth-order valence-electron chi connectivity index (χ4n) is 2.73. The fraction of sp³-hybridized carbons (Fsp3) is 0.375. The summed E-state index contributed by atoms with van der Waals surface area (Å²) < 4.78 is 5.67. The van der Waals surface area contributed by atoms with Crippen LogP contribution in [0, 0.1) is 0 Å². The van der Waals surface area contributed by atoms with E-state index in [4.69, 9.17) is 4.42 Å². The molecule has 0 radical (unpaired) electrons. The van der Waals surface area contributed by atoms with Crippen molar-refractivity contribution in [1.29, 1.82) is 0 Å². The number of hydrogen-bond donors (Lipinski definition) is 2. The molecule has 2 heterocycles. The average molecular weight is 257 g/mol. The van der Waals surface area contributed by atoms with Crippen LogP contribution in [0.15, 0.2) is 40.8 Å². The Balaban J connectivity index is 1.90. The zero-order valence-electron chi connectivity index (χ0n) is 11.1. The Morgan fingerprint density at radius 2 is 2.16 bits per heavy atom. The standard InChI is InChI=1S/C16H19NO2/c1-2-12-7-8-14(19-12)16(18)15-13-6-4-3-5-11(13)9-10-17-15/h3-8,15-18H,2,9-10H2,1H3. The lowest BCUT2D eigenvalue weighted by molar-refractivity contribution is 0.101. The molecule has 0 bridgehead atoms. The van der Waals surface area contributed by atoms with Gasteiger partial charge in [-0.1, -0.05) is 31.2 Å². The highest BCUT2D eigenvalue weighted by Gasteiger charge is 2.28. The van der Waals surface area contributed by atoms with E-state index in [2.05, 4.69) is 23.5 Å². The molecule has 3 heteroatoms. The van der Waals surface area contributed by atoms with Crippen molar-refractivity contribution in [2.45, 2.75) is 31.9 Å². The van der Waals surface area contributed by atoms with Crippen molar-refractivity contribution in [2.24, 2.45) is 0 Å². The molecule has 0 spiro atoms. The first-order chi connectivity index (χ1) is 9.29. The van der Waals surface area contributed by atoms with Gasteiger partial charge in [0.1, 0.15) is 17.6 Å². The van der Waals surface area contributed by atoms with Crippen LogP contribution in [0.4, 0.5) is 0 Å². The minimum atomic E-state index is -0.637. The molecule has 3 nitrogen and oxygen atoms in total. The topological polar surface area (TPSA) is 45.4 Å². The van der Waals surface area contributed by atoms with Gasteiger partial charge in [-0.25, -0.2) is 0 Å². The van der Waals surface area contributed by atoms with E-state index in [-0.39, 0.29) is 6.04 Å². The lowest BCUT2D eigenvalue weighted by atomic mass is 9.90. The number of benzene rings is 1. The lowest BCUT2D eigenvalue weighted by Crippen LogP contribution is -2.33. The van der Waals surface area contributed by atoms with Crippen molar-refractivity contribution >= 4 is 0 Å². The molecule has 2 unspecified atom stereocenters. The van der Waals surface area contributed by atoms with Crippen molar-refractivity contribution in [2.75, 3.05) is 6.54 Å². The summed E-state index contributed by atoms with van der Waals surface area (Å²) in [4.78, 5) is 0. The predicted molar refractivity (Wildman–Crippen MR) is 73.9 cm³/mol. The summed E-state index contributed by atoms with van der Waals surface area (Å²) >= 11 is 0. The highest BCUT2D eigenvalue weighted by molar-refractivity contribution is 5.34. The number of hydrogen-bond acceptors (Lipinski definition) is 3. The minimum absolute atomic E-state index is 0.0826. The van der Waals surface area contributed by atoms with Gasteiger partial charge in [-0.2, -0.15) is 0 Å². The van der Waals surface area contributed by atoms with Gasteiger partial charge in [-0.05, 0) is 36.2 Å². The molecule has 100 valence electrons. The third-order valence-corrected chi connectivity index (χ3v) is 3.79. The van der Waals surface area contributed by atoms with Crippen LogP contribution >= 0.6 is 0 Å². The van der Waals surface area contributed by atoms with Gasteiger partial charge in [0.2, 0.25) is 0 Å². The highest BCUT2D eigenvalue weighted by Crippen LogP contribution is 2.33. The van der Waals surface area contributed by atoms with Gasteiger partial charge in [0.15, 0.2) is 0 Å². The van der Waals surface area contributed by atoms with Crippen LogP contribution < -0.4 is 5.32 Å². The molecule has 0 saturated heterocycles. The third kappa shape index (κ3) is 2.31. The van der Waals surface area contributed by atoms with Crippen LogP contribution in [0.25, 0.3) is 0 Å². The molecule has 2 atom stereocenters. The summed E-state index contributed by atoms with van der Waals surface area (Å²) in [6.45, 7) is 2.93. The van der Waals surface area contributed by atoms with Gasteiger partial charge in [-0.3, -0.25) is 0 Å². The summed E-state index contributed by atoms with van der Waals surface area (Å²) in [5.74, 6) is 1.56. The van der Waals surface area contributed by atoms with E-state index in [9.17, 15) is 5.11 Å². The highest BCUT2D eigenvalue weighted by atomic mass is 16.4. The Morgan fingerprint density at radius 1 is 1.32 bits per heavy atom. The van der Waals surface area contributed by atoms with Crippen LogP contribution in [0.5, 0.6) is 0 Å². The summed E-state index contributed by atoms with van der Waals surface area (Å²) in [6.07, 6.45) is 1.22. The fourth-order valence-corrected chi connectivity index (χ4v) is 2.73. The van der Waals surface area contributed by atoms with Crippen molar-refractivity contribution in [1.82, 2.24) is 5.32 Å². The number of furan rings is 1. The monoisotopic (exact) mass is 257 g/mol. The second-order valence-corrected chi connectivity index (χ2v) is 4.98. The Morgan fingerprint density at radius 3 is 2.95 bits per heavy atom. The molecule has 3 rings (SSSR count). The van der Waals surface area contributed by atoms with Crippen molar-refractivity contribution in [3.05, 3.63) is 59.0 Å². The van der Waals surface area contributed by atoms with E-state index in [1.54, 1.807) is 0 Å². The molecular formula is C16H19NO2. The van der Waals surface area contributed by atoms with E-state index in [1.165, 1.54) is 11.1 Å². The maximum Gasteiger partial charge on any atom is 0.134 e. The SMILES string of the molecule is CCc1ccc(C(O)C2NCCc3ccccc32)o1. The Labute approximate surface area is 113 Å². The molecule has 0 aliphatic carbocycles. The smallest absolute Gasteiger partial charge is 0.134 e. The number of fused-ring (bicyclic) bond motifs is 1. The van der Waals surface area contributed by atoms with Crippen LogP contribution in [-0.2, 0) is 12.8 Å². The summed E-state index contributed by atoms with van der Waals surface area (Å²) in [7, 11) is 0. The second-order valence-electron chi connectivity index (χ2n) is 4.98. The zero-order chi connectivity index (χ0) is 13.2.